The van der Waals surface area contributed by atoms with Crippen LogP contribution < -0.4 is 0 Å². The Labute approximate surface area is 156 Å². The Morgan fingerprint density at radius 1 is 1.19 bits per heavy atom. The van der Waals surface area contributed by atoms with E-state index in [9.17, 15) is 4.79 Å². The fraction of sp³-hybridized carbons (Fsp3) is 0.952. The van der Waals surface area contributed by atoms with Crippen LogP contribution in [0.15, 0.2) is 0 Å². The lowest BCUT2D eigenvalue weighted by atomic mass is 9.53. The smallest absolute Gasteiger partial charge is 0.310 e. The van der Waals surface area contributed by atoms with Crippen LogP contribution in [0.4, 0.5) is 0 Å². The van der Waals surface area contributed by atoms with E-state index in [2.05, 4.69) is 25.7 Å². The average molecular weight is 363 g/mol. The number of morpholine rings is 1. The second-order valence-electron chi connectivity index (χ2n) is 10.1. The normalized spacial score (nSPS) is 53.9. The molecule has 1 spiro atoms. The highest BCUT2D eigenvalue weighted by atomic mass is 16.6. The highest BCUT2D eigenvalue weighted by Crippen LogP contribution is 2.62. The van der Waals surface area contributed by atoms with Gasteiger partial charge in [0.15, 0.2) is 0 Å². The van der Waals surface area contributed by atoms with Gasteiger partial charge in [-0.3, -0.25) is 9.69 Å². The first-order chi connectivity index (χ1) is 12.4. The molecule has 0 amide bonds. The minimum atomic E-state index is 0.0276. The zero-order valence-electron chi connectivity index (χ0n) is 16.4. The molecule has 0 radical (unpaired) electrons. The Bertz CT molecular complexity index is 581. The van der Waals surface area contributed by atoms with Gasteiger partial charge in [0.2, 0.25) is 0 Å². The molecule has 5 nitrogen and oxygen atoms in total. The van der Waals surface area contributed by atoms with E-state index in [-0.39, 0.29) is 41.2 Å². The lowest BCUT2D eigenvalue weighted by Gasteiger charge is -2.51. The standard InChI is InChI=1S/C21H33NO4/c1-13-9-22(10-14(2)25-13)11-16-15-7-18-20(3,8-17(15)26-19(16)23)5-4-6-21(18)12-24-21/h13-18H,4-12H2,1-3H3/t13-,14+,15-,16-,17-,18-,20-,21-/m1/s1. The Hall–Kier alpha value is -0.650. The molecule has 3 aliphatic heterocycles. The Morgan fingerprint density at radius 3 is 2.62 bits per heavy atom. The third-order valence-corrected chi connectivity index (χ3v) is 8.03. The van der Waals surface area contributed by atoms with Crippen molar-refractivity contribution in [3.63, 3.8) is 0 Å². The molecule has 2 aliphatic carbocycles. The van der Waals surface area contributed by atoms with Gasteiger partial charge < -0.3 is 14.2 Å². The molecule has 8 atom stereocenters. The summed E-state index contributed by atoms with van der Waals surface area (Å²) in [6, 6.07) is 0. The summed E-state index contributed by atoms with van der Waals surface area (Å²) in [7, 11) is 0. The van der Waals surface area contributed by atoms with E-state index >= 15 is 0 Å². The van der Waals surface area contributed by atoms with Gasteiger partial charge in [0.25, 0.3) is 0 Å². The first-order valence-electron chi connectivity index (χ1n) is 10.6. The van der Waals surface area contributed by atoms with Gasteiger partial charge in [-0.15, -0.1) is 0 Å². The van der Waals surface area contributed by atoms with Crippen molar-refractivity contribution in [2.24, 2.45) is 23.2 Å². The fourth-order valence-corrected chi connectivity index (χ4v) is 6.88. The van der Waals surface area contributed by atoms with E-state index in [4.69, 9.17) is 14.2 Å². The van der Waals surface area contributed by atoms with Gasteiger partial charge >= 0.3 is 5.97 Å². The highest BCUT2D eigenvalue weighted by Gasteiger charge is 2.65. The first kappa shape index (κ1) is 17.4. The number of epoxide rings is 1. The van der Waals surface area contributed by atoms with Crippen molar-refractivity contribution < 1.29 is 19.0 Å². The van der Waals surface area contributed by atoms with Crippen LogP contribution in [0.3, 0.4) is 0 Å². The zero-order chi connectivity index (χ0) is 18.1. The van der Waals surface area contributed by atoms with Gasteiger partial charge in [-0.25, -0.2) is 0 Å². The molecule has 5 fully saturated rings. The van der Waals surface area contributed by atoms with Crippen molar-refractivity contribution in [2.75, 3.05) is 26.2 Å². The minimum absolute atomic E-state index is 0.0276. The highest BCUT2D eigenvalue weighted by molar-refractivity contribution is 5.75. The number of carbonyl (C=O) groups is 1. The molecule has 0 N–H and O–H groups in total. The zero-order valence-corrected chi connectivity index (χ0v) is 16.4. The molecule has 146 valence electrons. The van der Waals surface area contributed by atoms with E-state index < -0.39 is 0 Å². The molecule has 0 unspecified atom stereocenters. The molecule has 0 aromatic heterocycles. The lowest BCUT2D eigenvalue weighted by Crippen LogP contribution is -2.52. The first-order valence-corrected chi connectivity index (χ1v) is 10.6. The summed E-state index contributed by atoms with van der Waals surface area (Å²) in [6.07, 6.45) is 6.46. The molecule has 0 aromatic rings. The number of hydrogen-bond donors (Lipinski definition) is 0. The number of carbonyl (C=O) groups excluding carboxylic acids is 1. The number of esters is 1. The largest absolute Gasteiger partial charge is 0.462 e. The SMILES string of the molecule is C[C@@H]1CN(C[C@H]2C(=O)O[C@@H]3C[C@@]4(C)CCC[C@@]5(CO5)[C@@H]4C[C@@H]32)C[C@H](C)O1. The second-order valence-corrected chi connectivity index (χ2v) is 10.1. The van der Waals surface area contributed by atoms with Crippen molar-refractivity contribution in [1.82, 2.24) is 4.90 Å². The average Bonchev–Trinajstić information content (AvgIpc) is 3.25. The van der Waals surface area contributed by atoms with Crippen LogP contribution >= 0.6 is 0 Å². The van der Waals surface area contributed by atoms with Gasteiger partial charge in [-0.05, 0) is 57.3 Å². The number of rotatable bonds is 2. The van der Waals surface area contributed by atoms with E-state index in [1.54, 1.807) is 0 Å². The topological polar surface area (TPSA) is 51.3 Å². The molecular weight excluding hydrogens is 330 g/mol. The van der Waals surface area contributed by atoms with Crippen LogP contribution in [0.25, 0.3) is 0 Å². The maximum Gasteiger partial charge on any atom is 0.310 e. The number of fused-ring (bicyclic) bond motifs is 3. The minimum Gasteiger partial charge on any atom is -0.462 e. The molecular formula is C21H33NO4. The van der Waals surface area contributed by atoms with Gasteiger partial charge in [0, 0.05) is 25.6 Å². The van der Waals surface area contributed by atoms with Crippen molar-refractivity contribution in [3.05, 3.63) is 0 Å². The molecule has 3 saturated heterocycles. The number of nitrogens with zero attached hydrogens (tertiary/aromatic N) is 1. The van der Waals surface area contributed by atoms with Crippen LogP contribution in [0.1, 0.15) is 52.9 Å². The Kier molecular flexibility index (Phi) is 3.97. The molecule has 0 bridgehead atoms. The quantitative estimate of drug-likeness (QED) is 0.558. The van der Waals surface area contributed by atoms with Gasteiger partial charge in [0.1, 0.15) is 6.10 Å². The summed E-state index contributed by atoms with van der Waals surface area (Å²) in [4.78, 5) is 15.2. The third kappa shape index (κ3) is 2.73. The summed E-state index contributed by atoms with van der Waals surface area (Å²) in [6.45, 7) is 10.3. The second kappa shape index (κ2) is 5.92. The van der Waals surface area contributed by atoms with E-state index in [0.717, 1.165) is 39.1 Å². The summed E-state index contributed by atoms with van der Waals surface area (Å²) in [5.41, 5.74) is 0.420. The van der Waals surface area contributed by atoms with E-state index in [1.807, 2.05) is 0 Å². The fourth-order valence-electron chi connectivity index (χ4n) is 6.88. The van der Waals surface area contributed by atoms with E-state index in [1.165, 1.54) is 19.3 Å². The molecule has 5 aliphatic rings. The number of hydrogen-bond acceptors (Lipinski definition) is 5. The Morgan fingerprint density at radius 2 is 1.92 bits per heavy atom. The Balaban J connectivity index is 1.34. The monoisotopic (exact) mass is 363 g/mol. The van der Waals surface area contributed by atoms with E-state index in [0.29, 0.717) is 11.8 Å². The van der Waals surface area contributed by atoms with Crippen LogP contribution in [0.2, 0.25) is 0 Å². The van der Waals surface area contributed by atoms with Crippen molar-refractivity contribution in [1.29, 1.82) is 0 Å². The van der Waals surface area contributed by atoms with Crippen molar-refractivity contribution >= 4 is 5.97 Å². The van der Waals surface area contributed by atoms with Crippen molar-refractivity contribution in [2.45, 2.75) is 76.8 Å². The summed E-state index contributed by atoms with van der Waals surface area (Å²) >= 11 is 0. The van der Waals surface area contributed by atoms with Crippen LogP contribution in [-0.2, 0) is 19.0 Å². The molecule has 5 rings (SSSR count). The van der Waals surface area contributed by atoms with Crippen LogP contribution in [0.5, 0.6) is 0 Å². The molecule has 26 heavy (non-hydrogen) atoms. The predicted octanol–water partition coefficient (Wildman–Crippen LogP) is 2.62. The van der Waals surface area contributed by atoms with Gasteiger partial charge in [0.05, 0.1) is 30.3 Å². The van der Waals surface area contributed by atoms with Gasteiger partial charge in [-0.1, -0.05) is 6.92 Å². The van der Waals surface area contributed by atoms with Crippen LogP contribution in [0, 0.1) is 23.2 Å². The summed E-state index contributed by atoms with van der Waals surface area (Å²) in [5, 5.41) is 0. The van der Waals surface area contributed by atoms with Gasteiger partial charge in [-0.2, -0.15) is 0 Å². The van der Waals surface area contributed by atoms with Crippen molar-refractivity contribution in [3.8, 4) is 0 Å². The maximum atomic E-state index is 12.8. The summed E-state index contributed by atoms with van der Waals surface area (Å²) < 4.78 is 17.8. The lowest BCUT2D eigenvalue weighted by molar-refractivity contribution is -0.147. The molecule has 0 aromatic carbocycles. The summed E-state index contributed by atoms with van der Waals surface area (Å²) in [5.74, 6) is 1.04. The number of ether oxygens (including phenoxy) is 3. The molecule has 5 heteroatoms. The van der Waals surface area contributed by atoms with Crippen LogP contribution in [-0.4, -0.2) is 61.0 Å². The third-order valence-electron chi connectivity index (χ3n) is 8.03. The predicted molar refractivity (Wildman–Crippen MR) is 96.7 cm³/mol. The molecule has 2 saturated carbocycles. The maximum absolute atomic E-state index is 12.8. The molecule has 3 heterocycles.